The van der Waals surface area contributed by atoms with Crippen LogP contribution in [0.2, 0.25) is 0 Å². The Labute approximate surface area is 130 Å². The molecule has 118 valence electrons. The number of rotatable bonds is 3. The fourth-order valence-corrected chi connectivity index (χ4v) is 3.26. The summed E-state index contributed by atoms with van der Waals surface area (Å²) < 4.78 is 5.63. The highest BCUT2D eigenvalue weighted by molar-refractivity contribution is 5.92. The van der Waals surface area contributed by atoms with Crippen LogP contribution in [-0.4, -0.2) is 49.1 Å². The van der Waals surface area contributed by atoms with E-state index in [1.165, 1.54) is 0 Å². The van der Waals surface area contributed by atoms with Crippen LogP contribution in [0.5, 0.6) is 0 Å². The molecule has 1 saturated carbocycles. The van der Waals surface area contributed by atoms with Crippen molar-refractivity contribution in [2.24, 2.45) is 0 Å². The molecule has 5 heteroatoms. The summed E-state index contributed by atoms with van der Waals surface area (Å²) in [5.74, 6) is -0.0633. The molecule has 1 aliphatic carbocycles. The molecule has 22 heavy (non-hydrogen) atoms. The second-order valence-corrected chi connectivity index (χ2v) is 6.33. The molecule has 1 aromatic carbocycles. The summed E-state index contributed by atoms with van der Waals surface area (Å²) in [6.07, 6.45) is 1.76. The molecule has 1 aromatic rings. The lowest BCUT2D eigenvalue weighted by Crippen LogP contribution is -2.60. The lowest BCUT2D eigenvalue weighted by atomic mass is 9.93. The number of hydrogen-bond acceptors (Lipinski definition) is 3. The van der Waals surface area contributed by atoms with Crippen molar-refractivity contribution in [1.82, 2.24) is 10.2 Å². The molecule has 2 amide bonds. The first kappa shape index (κ1) is 15.0. The van der Waals surface area contributed by atoms with E-state index in [1.807, 2.05) is 30.3 Å². The van der Waals surface area contributed by atoms with Gasteiger partial charge in [0, 0.05) is 13.6 Å². The average Bonchev–Trinajstić information content (AvgIpc) is 3.36. The molecule has 3 rings (SSSR count). The molecule has 1 atom stereocenters. The number of carbonyl (C=O) groups is 2. The Morgan fingerprint density at radius 2 is 1.91 bits per heavy atom. The van der Waals surface area contributed by atoms with Gasteiger partial charge in [-0.2, -0.15) is 0 Å². The van der Waals surface area contributed by atoms with Crippen molar-refractivity contribution in [2.45, 2.75) is 30.8 Å². The van der Waals surface area contributed by atoms with E-state index in [4.69, 9.17) is 4.74 Å². The summed E-state index contributed by atoms with van der Waals surface area (Å²) in [5.41, 5.74) is -0.273. The van der Waals surface area contributed by atoms with Gasteiger partial charge < -0.3 is 15.0 Å². The maximum atomic E-state index is 13.0. The van der Waals surface area contributed by atoms with E-state index in [0.29, 0.717) is 19.7 Å². The summed E-state index contributed by atoms with van der Waals surface area (Å²) in [6.45, 7) is 2.98. The third kappa shape index (κ3) is 2.39. The topological polar surface area (TPSA) is 58.6 Å². The van der Waals surface area contributed by atoms with Gasteiger partial charge in [-0.3, -0.25) is 9.59 Å². The van der Waals surface area contributed by atoms with Crippen LogP contribution in [0, 0.1) is 0 Å². The standard InChI is InChI=1S/C17H22N2O3/c1-16(14(20)18-2)12-19(10-11-22-16)15(21)17(8-9-17)13-6-4-3-5-7-13/h3-7H,8-12H2,1-2H3,(H,18,20)/t16-/m0/s1. The van der Waals surface area contributed by atoms with Crippen LogP contribution in [0.15, 0.2) is 30.3 Å². The molecule has 0 spiro atoms. The molecule has 0 unspecified atom stereocenters. The Bertz CT molecular complexity index is 583. The molecule has 0 aromatic heterocycles. The van der Waals surface area contributed by atoms with Crippen LogP contribution in [0.1, 0.15) is 25.3 Å². The molecule has 5 nitrogen and oxygen atoms in total. The highest BCUT2D eigenvalue weighted by atomic mass is 16.5. The van der Waals surface area contributed by atoms with Gasteiger partial charge in [0.2, 0.25) is 5.91 Å². The highest BCUT2D eigenvalue weighted by Crippen LogP contribution is 2.49. The first-order valence-corrected chi connectivity index (χ1v) is 7.73. The summed E-state index contributed by atoms with van der Waals surface area (Å²) in [4.78, 5) is 26.8. The monoisotopic (exact) mass is 302 g/mol. The summed E-state index contributed by atoms with van der Waals surface area (Å²) in [7, 11) is 1.59. The van der Waals surface area contributed by atoms with Gasteiger partial charge in [-0.25, -0.2) is 0 Å². The van der Waals surface area contributed by atoms with Crippen LogP contribution in [0.4, 0.5) is 0 Å². The fraction of sp³-hybridized carbons (Fsp3) is 0.529. The van der Waals surface area contributed by atoms with Crippen molar-refractivity contribution in [3.63, 3.8) is 0 Å². The molecule has 1 saturated heterocycles. The first-order valence-electron chi connectivity index (χ1n) is 7.73. The molecule has 2 aliphatic rings. The van der Waals surface area contributed by atoms with Crippen molar-refractivity contribution in [1.29, 1.82) is 0 Å². The van der Waals surface area contributed by atoms with Gasteiger partial charge in [-0.05, 0) is 25.3 Å². The number of carbonyl (C=O) groups excluding carboxylic acids is 2. The number of nitrogens with zero attached hydrogens (tertiary/aromatic N) is 1. The lowest BCUT2D eigenvalue weighted by molar-refractivity contribution is -0.163. The number of ether oxygens (including phenoxy) is 1. The Balaban J connectivity index is 1.80. The molecule has 0 bridgehead atoms. The van der Waals surface area contributed by atoms with Crippen LogP contribution in [0.3, 0.4) is 0 Å². The zero-order valence-corrected chi connectivity index (χ0v) is 13.1. The molecule has 1 heterocycles. The molecule has 1 aliphatic heterocycles. The normalized spacial score (nSPS) is 26.4. The van der Waals surface area contributed by atoms with Gasteiger partial charge in [0.15, 0.2) is 5.60 Å². The summed E-state index contributed by atoms with van der Waals surface area (Å²) in [5, 5.41) is 2.62. The van der Waals surface area contributed by atoms with Crippen molar-refractivity contribution < 1.29 is 14.3 Å². The predicted molar refractivity (Wildman–Crippen MR) is 82.4 cm³/mol. The Hall–Kier alpha value is -1.88. The van der Waals surface area contributed by atoms with Gasteiger partial charge in [-0.15, -0.1) is 0 Å². The minimum Gasteiger partial charge on any atom is -0.362 e. The Morgan fingerprint density at radius 1 is 1.23 bits per heavy atom. The zero-order chi connectivity index (χ0) is 15.8. The first-order chi connectivity index (χ1) is 10.5. The number of nitrogens with one attached hydrogen (secondary N) is 1. The third-order valence-electron chi connectivity index (χ3n) is 4.75. The van der Waals surface area contributed by atoms with E-state index in [-0.39, 0.29) is 17.2 Å². The van der Waals surface area contributed by atoms with E-state index < -0.39 is 5.60 Å². The van der Waals surface area contributed by atoms with E-state index in [9.17, 15) is 9.59 Å². The smallest absolute Gasteiger partial charge is 0.253 e. The van der Waals surface area contributed by atoms with Crippen LogP contribution in [-0.2, 0) is 19.7 Å². The average molecular weight is 302 g/mol. The van der Waals surface area contributed by atoms with Gasteiger partial charge >= 0.3 is 0 Å². The molecule has 2 fully saturated rings. The van der Waals surface area contributed by atoms with E-state index in [0.717, 1.165) is 18.4 Å². The summed E-state index contributed by atoms with van der Waals surface area (Å²) in [6, 6.07) is 9.93. The maximum absolute atomic E-state index is 13.0. The van der Waals surface area contributed by atoms with Crippen molar-refractivity contribution >= 4 is 11.8 Å². The van der Waals surface area contributed by atoms with E-state index in [2.05, 4.69) is 5.32 Å². The quantitative estimate of drug-likeness (QED) is 0.909. The fourth-order valence-electron chi connectivity index (χ4n) is 3.26. The summed E-state index contributed by atoms with van der Waals surface area (Å²) >= 11 is 0. The SMILES string of the molecule is CNC(=O)[C@]1(C)CN(C(=O)C2(c3ccccc3)CC2)CCO1. The largest absolute Gasteiger partial charge is 0.362 e. The lowest BCUT2D eigenvalue weighted by Gasteiger charge is -2.40. The number of morpholine rings is 1. The van der Waals surface area contributed by atoms with Crippen molar-refractivity contribution in [2.75, 3.05) is 26.7 Å². The second-order valence-electron chi connectivity index (χ2n) is 6.33. The minimum absolute atomic E-state index is 0.122. The molecular weight excluding hydrogens is 280 g/mol. The Morgan fingerprint density at radius 3 is 2.50 bits per heavy atom. The number of likely N-dealkylation sites (N-methyl/N-ethyl adjacent to an activating group) is 1. The maximum Gasteiger partial charge on any atom is 0.253 e. The number of amides is 2. The minimum atomic E-state index is -0.963. The number of hydrogen-bond donors (Lipinski definition) is 1. The molecule has 1 N–H and O–H groups in total. The molecular formula is C17H22N2O3. The van der Waals surface area contributed by atoms with E-state index >= 15 is 0 Å². The van der Waals surface area contributed by atoms with Crippen molar-refractivity contribution in [3.05, 3.63) is 35.9 Å². The van der Waals surface area contributed by atoms with Gasteiger partial charge in [0.25, 0.3) is 5.91 Å². The Kier molecular flexibility index (Phi) is 3.68. The van der Waals surface area contributed by atoms with E-state index in [1.54, 1.807) is 18.9 Å². The second kappa shape index (κ2) is 5.39. The third-order valence-corrected chi connectivity index (χ3v) is 4.75. The highest BCUT2D eigenvalue weighted by Gasteiger charge is 2.54. The van der Waals surface area contributed by atoms with Gasteiger partial charge in [0.05, 0.1) is 18.6 Å². The zero-order valence-electron chi connectivity index (χ0n) is 13.1. The molecule has 0 radical (unpaired) electrons. The van der Waals surface area contributed by atoms with Gasteiger partial charge in [0.1, 0.15) is 0 Å². The van der Waals surface area contributed by atoms with Crippen LogP contribution < -0.4 is 5.32 Å². The van der Waals surface area contributed by atoms with Crippen LogP contribution >= 0.6 is 0 Å². The van der Waals surface area contributed by atoms with Gasteiger partial charge in [-0.1, -0.05) is 30.3 Å². The predicted octanol–water partition coefficient (Wildman–Crippen LogP) is 1.08. The van der Waals surface area contributed by atoms with Crippen LogP contribution in [0.25, 0.3) is 0 Å². The number of benzene rings is 1. The van der Waals surface area contributed by atoms with Crippen molar-refractivity contribution in [3.8, 4) is 0 Å².